The first-order chi connectivity index (χ1) is 12.5. The van der Waals surface area contributed by atoms with E-state index < -0.39 is 24.0 Å². The normalized spacial score (nSPS) is 19.6. The summed E-state index contributed by atoms with van der Waals surface area (Å²) in [6.45, 7) is 11.3. The van der Waals surface area contributed by atoms with E-state index in [1.807, 2.05) is 59.7 Å². The molecule has 1 aromatic carbocycles. The maximum Gasteiger partial charge on any atom is 0.525 e. The molecule has 27 heavy (non-hydrogen) atoms. The fourth-order valence-electron chi connectivity index (χ4n) is 3.03. The molecule has 0 spiro atoms. The first kappa shape index (κ1) is 19.8. The van der Waals surface area contributed by atoms with Gasteiger partial charge >= 0.3 is 7.12 Å². The van der Waals surface area contributed by atoms with Gasteiger partial charge in [-0.1, -0.05) is 26.0 Å². The number of hydrogen-bond donors (Lipinski definition) is 1. The summed E-state index contributed by atoms with van der Waals surface area (Å²) in [4.78, 5) is 19.7. The van der Waals surface area contributed by atoms with Crippen molar-refractivity contribution >= 4 is 18.2 Å². The summed E-state index contributed by atoms with van der Waals surface area (Å²) < 4.78 is 27.0. The molecule has 1 aliphatic heterocycles. The topological polar surface area (TPSA) is 64.2 Å². The van der Waals surface area contributed by atoms with Crippen LogP contribution in [0.1, 0.15) is 47.2 Å². The van der Waals surface area contributed by atoms with Gasteiger partial charge in [0.05, 0.1) is 22.2 Å². The summed E-state index contributed by atoms with van der Waals surface area (Å²) in [6, 6.07) is 7.29. The highest BCUT2D eigenvalue weighted by atomic mass is 19.1. The van der Waals surface area contributed by atoms with Gasteiger partial charge < -0.3 is 14.3 Å². The van der Waals surface area contributed by atoms with Gasteiger partial charge in [0.2, 0.25) is 0 Å². The molecular weight excluding hydrogens is 346 g/mol. The number of nitrogens with zero attached hydrogens (tertiary/aromatic N) is 1. The number of benzene rings is 1. The van der Waals surface area contributed by atoms with Crippen molar-refractivity contribution in [1.29, 1.82) is 0 Å². The Balaban J connectivity index is 1.98. The second kappa shape index (κ2) is 6.87. The Labute approximate surface area is 159 Å². The number of rotatable bonds is 4. The highest BCUT2D eigenvalue weighted by molar-refractivity contribution is 6.53. The SMILES string of the molecule is CC(C)C(Cc1nc2ccccc2[nH]c1=O)=C(F)B1OC(C)(C)C(C)(C)O1. The first-order valence-electron chi connectivity index (χ1n) is 9.24. The summed E-state index contributed by atoms with van der Waals surface area (Å²) in [5, 5.41) is 0. The fraction of sp³-hybridized carbons (Fsp3) is 0.500. The van der Waals surface area contributed by atoms with Gasteiger partial charge in [-0.2, -0.15) is 0 Å². The molecule has 5 nitrogen and oxygen atoms in total. The van der Waals surface area contributed by atoms with Crippen molar-refractivity contribution in [3.63, 3.8) is 0 Å². The van der Waals surface area contributed by atoms with Gasteiger partial charge in [-0.25, -0.2) is 9.37 Å². The van der Waals surface area contributed by atoms with Crippen molar-refractivity contribution in [1.82, 2.24) is 9.97 Å². The van der Waals surface area contributed by atoms with E-state index in [4.69, 9.17) is 9.31 Å². The molecule has 7 heteroatoms. The van der Waals surface area contributed by atoms with Crippen molar-refractivity contribution < 1.29 is 13.7 Å². The van der Waals surface area contributed by atoms with Crippen LogP contribution in [0, 0.1) is 5.92 Å². The van der Waals surface area contributed by atoms with E-state index in [9.17, 15) is 4.79 Å². The number of aromatic nitrogens is 2. The molecule has 144 valence electrons. The second-order valence-corrected chi connectivity index (χ2v) is 8.32. The fourth-order valence-corrected chi connectivity index (χ4v) is 3.03. The number of halogens is 1. The number of allylic oxidation sites excluding steroid dienone is 1. The number of nitrogens with one attached hydrogen (secondary N) is 1. The molecule has 2 heterocycles. The molecule has 0 saturated carbocycles. The maximum atomic E-state index is 15.3. The highest BCUT2D eigenvalue weighted by Gasteiger charge is 2.53. The zero-order valence-corrected chi connectivity index (χ0v) is 16.7. The lowest BCUT2D eigenvalue weighted by Gasteiger charge is -2.32. The molecule has 0 unspecified atom stereocenters. The van der Waals surface area contributed by atoms with Crippen molar-refractivity contribution in [2.75, 3.05) is 0 Å². The summed E-state index contributed by atoms with van der Waals surface area (Å²) in [5.74, 6) is -0.128. The van der Waals surface area contributed by atoms with Crippen molar-refractivity contribution in [3.8, 4) is 0 Å². The molecule has 0 bridgehead atoms. The summed E-state index contributed by atoms with van der Waals surface area (Å²) in [7, 11) is -1.08. The molecule has 1 aromatic heterocycles. The molecule has 1 saturated heterocycles. The molecule has 0 amide bonds. The lowest BCUT2D eigenvalue weighted by atomic mass is 9.80. The van der Waals surface area contributed by atoms with Gasteiger partial charge in [0, 0.05) is 6.42 Å². The van der Waals surface area contributed by atoms with Crippen LogP contribution in [0.2, 0.25) is 0 Å². The van der Waals surface area contributed by atoms with Crippen LogP contribution in [0.25, 0.3) is 11.0 Å². The number of para-hydroxylation sites is 2. The minimum Gasteiger partial charge on any atom is -0.398 e. The number of fused-ring (bicyclic) bond motifs is 1. The molecule has 0 aliphatic carbocycles. The van der Waals surface area contributed by atoms with Gasteiger partial charge in [-0.15, -0.1) is 0 Å². The molecule has 1 fully saturated rings. The van der Waals surface area contributed by atoms with Crippen molar-refractivity contribution in [3.05, 3.63) is 51.6 Å². The smallest absolute Gasteiger partial charge is 0.398 e. The number of hydrogen-bond acceptors (Lipinski definition) is 4. The minimum absolute atomic E-state index is 0.105. The van der Waals surface area contributed by atoms with Crippen LogP contribution in [0.4, 0.5) is 4.39 Å². The van der Waals surface area contributed by atoms with Crippen molar-refractivity contribution in [2.24, 2.45) is 5.92 Å². The van der Waals surface area contributed by atoms with Crippen LogP contribution >= 0.6 is 0 Å². The predicted octanol–water partition coefficient (Wildman–Crippen LogP) is 3.98. The lowest BCUT2D eigenvalue weighted by molar-refractivity contribution is 0.00578. The average Bonchev–Trinajstić information content (AvgIpc) is 2.79. The van der Waals surface area contributed by atoms with Gasteiger partial charge in [-0.3, -0.25) is 4.79 Å². The first-order valence-corrected chi connectivity index (χ1v) is 9.24. The molecule has 2 aromatic rings. The second-order valence-electron chi connectivity index (χ2n) is 8.32. The third kappa shape index (κ3) is 3.71. The van der Waals surface area contributed by atoms with Crippen LogP contribution in [-0.4, -0.2) is 28.3 Å². The third-order valence-corrected chi connectivity index (χ3v) is 5.49. The van der Waals surface area contributed by atoms with Crippen LogP contribution in [0.3, 0.4) is 0 Å². The Hall–Kier alpha value is -1.99. The molecular formula is C20H26BFN2O3. The molecule has 1 N–H and O–H groups in total. The largest absolute Gasteiger partial charge is 0.525 e. The maximum absolute atomic E-state index is 15.3. The quantitative estimate of drug-likeness (QED) is 0.825. The molecule has 1 aliphatic rings. The Kier molecular flexibility index (Phi) is 5.03. The zero-order valence-electron chi connectivity index (χ0n) is 16.7. The van der Waals surface area contributed by atoms with Crippen LogP contribution < -0.4 is 5.56 Å². The number of H-pyrrole nitrogens is 1. The zero-order chi connectivity index (χ0) is 20.0. The minimum atomic E-state index is -1.08. The van der Waals surface area contributed by atoms with Crippen LogP contribution in [0.15, 0.2) is 40.4 Å². The summed E-state index contributed by atoms with van der Waals surface area (Å²) >= 11 is 0. The van der Waals surface area contributed by atoms with E-state index in [1.165, 1.54) is 0 Å². The van der Waals surface area contributed by atoms with Crippen LogP contribution in [-0.2, 0) is 15.7 Å². The third-order valence-electron chi connectivity index (χ3n) is 5.49. The van der Waals surface area contributed by atoms with E-state index in [0.29, 0.717) is 16.6 Å². The molecule has 0 atom stereocenters. The Bertz CT molecular complexity index is 934. The Morgan fingerprint density at radius 3 is 2.37 bits per heavy atom. The standard InChI is InChI=1S/C20H26BFN2O3/c1-12(2)13(17(22)21-26-19(3,4)20(5,6)27-21)11-16-18(25)24-15-10-8-7-9-14(15)23-16/h7-10,12H,11H2,1-6H3,(H,24,25). The van der Waals surface area contributed by atoms with Crippen LogP contribution in [0.5, 0.6) is 0 Å². The Morgan fingerprint density at radius 2 is 1.78 bits per heavy atom. The van der Waals surface area contributed by atoms with E-state index in [1.54, 1.807) is 6.07 Å². The van der Waals surface area contributed by atoms with E-state index in [0.717, 1.165) is 0 Å². The van der Waals surface area contributed by atoms with E-state index >= 15 is 4.39 Å². The van der Waals surface area contributed by atoms with Crippen molar-refractivity contribution in [2.45, 2.75) is 59.2 Å². The van der Waals surface area contributed by atoms with Gasteiger partial charge in [0.15, 0.2) is 0 Å². The van der Waals surface area contributed by atoms with Gasteiger partial charge in [-0.05, 0) is 51.3 Å². The molecule has 0 radical (unpaired) electrons. The average molecular weight is 372 g/mol. The van der Waals surface area contributed by atoms with Gasteiger partial charge in [0.1, 0.15) is 11.4 Å². The lowest BCUT2D eigenvalue weighted by Crippen LogP contribution is -2.41. The monoisotopic (exact) mass is 372 g/mol. The number of aromatic amines is 1. The highest BCUT2D eigenvalue weighted by Crippen LogP contribution is 2.40. The molecule has 3 rings (SSSR count). The summed E-state index contributed by atoms with van der Waals surface area (Å²) in [6.07, 6.45) is 0.105. The van der Waals surface area contributed by atoms with E-state index in [2.05, 4.69) is 9.97 Å². The van der Waals surface area contributed by atoms with E-state index in [-0.39, 0.29) is 23.6 Å². The summed E-state index contributed by atoms with van der Waals surface area (Å²) in [5.41, 5.74) is 0.0300. The Morgan fingerprint density at radius 1 is 1.19 bits per heavy atom. The van der Waals surface area contributed by atoms with Gasteiger partial charge in [0.25, 0.3) is 5.56 Å². The predicted molar refractivity (Wildman–Crippen MR) is 105 cm³/mol.